The highest BCUT2D eigenvalue weighted by molar-refractivity contribution is 7.20. The highest BCUT2D eigenvalue weighted by atomic mass is 32.1. The molecule has 25 heavy (non-hydrogen) atoms. The summed E-state index contributed by atoms with van der Waals surface area (Å²) >= 11 is 1.25. The number of H-pyrrole nitrogens is 1. The molecule has 1 aromatic carbocycles. The first-order valence-electron chi connectivity index (χ1n) is 7.90. The van der Waals surface area contributed by atoms with Gasteiger partial charge in [0.05, 0.1) is 16.8 Å². The van der Waals surface area contributed by atoms with E-state index in [-0.39, 0.29) is 11.5 Å². The Kier molecular flexibility index (Phi) is 4.69. The number of carbonyl (C=O) groups is 1. The van der Waals surface area contributed by atoms with Crippen molar-refractivity contribution in [2.75, 3.05) is 19.4 Å². The van der Waals surface area contributed by atoms with Crippen molar-refractivity contribution in [3.63, 3.8) is 0 Å². The molecule has 130 valence electrons. The molecule has 2 aromatic heterocycles. The van der Waals surface area contributed by atoms with E-state index in [4.69, 9.17) is 0 Å². The second kappa shape index (κ2) is 6.78. The number of nitrogens with one attached hydrogen (secondary N) is 2. The number of aromatic amines is 1. The lowest BCUT2D eigenvalue weighted by Gasteiger charge is -2.07. The number of thiophene rings is 1. The molecule has 0 aliphatic rings. The van der Waals surface area contributed by atoms with Crippen molar-refractivity contribution in [1.82, 2.24) is 14.9 Å². The molecule has 2 heterocycles. The van der Waals surface area contributed by atoms with E-state index in [1.807, 2.05) is 50.2 Å². The van der Waals surface area contributed by atoms with Crippen molar-refractivity contribution >= 4 is 33.1 Å². The number of fused-ring (bicyclic) bond motifs is 1. The zero-order chi connectivity index (χ0) is 18.1. The van der Waals surface area contributed by atoms with Crippen LogP contribution in [0.4, 0.5) is 5.69 Å². The summed E-state index contributed by atoms with van der Waals surface area (Å²) in [6, 6.07) is 7.59. The molecule has 0 radical (unpaired) electrons. The molecule has 1 amide bonds. The van der Waals surface area contributed by atoms with Crippen molar-refractivity contribution in [1.29, 1.82) is 0 Å². The lowest BCUT2D eigenvalue weighted by atomic mass is 10.2. The van der Waals surface area contributed by atoms with E-state index in [1.165, 1.54) is 11.3 Å². The van der Waals surface area contributed by atoms with Crippen LogP contribution in [-0.2, 0) is 6.54 Å². The Morgan fingerprint density at radius 1 is 1.24 bits per heavy atom. The predicted molar refractivity (Wildman–Crippen MR) is 102 cm³/mol. The highest BCUT2D eigenvalue weighted by Gasteiger charge is 2.19. The van der Waals surface area contributed by atoms with Gasteiger partial charge in [-0.15, -0.1) is 11.3 Å². The predicted octanol–water partition coefficient (Wildman–Crippen LogP) is 2.92. The molecule has 0 atom stereocenters. The van der Waals surface area contributed by atoms with Gasteiger partial charge in [-0.2, -0.15) is 0 Å². The summed E-state index contributed by atoms with van der Waals surface area (Å²) in [5, 5.41) is 3.36. The number of hydrogen-bond donors (Lipinski definition) is 2. The summed E-state index contributed by atoms with van der Waals surface area (Å²) in [5.41, 5.74) is 2.31. The second-order valence-electron chi connectivity index (χ2n) is 6.31. The van der Waals surface area contributed by atoms with Crippen molar-refractivity contribution in [2.24, 2.45) is 0 Å². The van der Waals surface area contributed by atoms with E-state index in [0.29, 0.717) is 33.0 Å². The second-order valence-corrected chi connectivity index (χ2v) is 7.31. The number of aromatic nitrogens is 2. The van der Waals surface area contributed by atoms with Gasteiger partial charge in [0.1, 0.15) is 10.7 Å². The molecule has 0 fully saturated rings. The van der Waals surface area contributed by atoms with Gasteiger partial charge in [-0.1, -0.05) is 17.7 Å². The lowest BCUT2D eigenvalue weighted by molar-refractivity contribution is 0.103. The summed E-state index contributed by atoms with van der Waals surface area (Å²) in [4.78, 5) is 35.3. The number of aryl methyl sites for hydroxylation is 2. The van der Waals surface area contributed by atoms with Crippen LogP contribution >= 0.6 is 11.3 Å². The van der Waals surface area contributed by atoms with Crippen LogP contribution in [0.2, 0.25) is 0 Å². The average Bonchev–Trinajstić information content (AvgIpc) is 2.86. The smallest absolute Gasteiger partial charge is 0.266 e. The van der Waals surface area contributed by atoms with Crippen LogP contribution in [0.3, 0.4) is 0 Å². The minimum absolute atomic E-state index is 0.204. The molecule has 0 aliphatic carbocycles. The molecule has 2 N–H and O–H groups in total. The fourth-order valence-electron chi connectivity index (χ4n) is 2.60. The Hall–Kier alpha value is -2.51. The molecule has 3 aromatic rings. The minimum atomic E-state index is -0.224. The van der Waals surface area contributed by atoms with Crippen LogP contribution in [0.15, 0.2) is 29.1 Å². The topological polar surface area (TPSA) is 78.1 Å². The largest absolute Gasteiger partial charge is 0.321 e. The maximum Gasteiger partial charge on any atom is 0.266 e. The maximum absolute atomic E-state index is 12.6. The summed E-state index contributed by atoms with van der Waals surface area (Å²) < 4.78 is 0. The normalized spacial score (nSPS) is 11.2. The fourth-order valence-corrected chi connectivity index (χ4v) is 3.70. The highest BCUT2D eigenvalue weighted by Crippen LogP contribution is 2.28. The monoisotopic (exact) mass is 356 g/mol. The first kappa shape index (κ1) is 17.3. The first-order chi connectivity index (χ1) is 11.8. The van der Waals surface area contributed by atoms with Crippen molar-refractivity contribution in [3.8, 4) is 0 Å². The van der Waals surface area contributed by atoms with Crippen LogP contribution in [0, 0.1) is 13.8 Å². The van der Waals surface area contributed by atoms with Crippen LogP contribution in [0.1, 0.15) is 26.6 Å². The molecule has 0 saturated carbocycles. The van der Waals surface area contributed by atoms with Gasteiger partial charge in [0.25, 0.3) is 11.5 Å². The minimum Gasteiger partial charge on any atom is -0.321 e. The van der Waals surface area contributed by atoms with Gasteiger partial charge in [-0.3, -0.25) is 9.59 Å². The SMILES string of the molecule is Cc1ccc(NC(=O)c2sc3nc(CN(C)C)[nH]c(=O)c3c2C)cc1. The van der Waals surface area contributed by atoms with E-state index in [0.717, 1.165) is 11.3 Å². The van der Waals surface area contributed by atoms with Gasteiger partial charge in [-0.25, -0.2) is 4.98 Å². The van der Waals surface area contributed by atoms with Crippen LogP contribution in [0.25, 0.3) is 10.2 Å². The van der Waals surface area contributed by atoms with Crippen LogP contribution in [-0.4, -0.2) is 34.9 Å². The van der Waals surface area contributed by atoms with Gasteiger partial charge in [0, 0.05) is 5.69 Å². The summed E-state index contributed by atoms with van der Waals surface area (Å²) in [7, 11) is 3.81. The molecule has 0 unspecified atom stereocenters. The number of nitrogens with zero attached hydrogens (tertiary/aromatic N) is 2. The van der Waals surface area contributed by atoms with Crippen molar-refractivity contribution < 1.29 is 4.79 Å². The first-order valence-corrected chi connectivity index (χ1v) is 8.72. The van der Waals surface area contributed by atoms with Gasteiger partial charge in [0.2, 0.25) is 0 Å². The number of carbonyl (C=O) groups excluding carboxylic acids is 1. The standard InChI is InChI=1S/C18H20N4O2S/c1-10-5-7-12(8-6-10)19-17(24)15-11(2)14-16(23)20-13(9-22(3)4)21-18(14)25-15/h5-8H,9H2,1-4H3,(H,19,24)(H,20,21,23). The Labute approximate surface area is 149 Å². The number of anilines is 1. The number of amides is 1. The molecule has 0 aliphatic heterocycles. The number of hydrogen-bond acceptors (Lipinski definition) is 5. The average molecular weight is 356 g/mol. The van der Waals surface area contributed by atoms with E-state index in [1.54, 1.807) is 6.92 Å². The Morgan fingerprint density at radius 2 is 1.92 bits per heavy atom. The fraction of sp³-hybridized carbons (Fsp3) is 0.278. The third-order valence-corrected chi connectivity index (χ3v) is 5.02. The van der Waals surface area contributed by atoms with Crippen molar-refractivity contribution in [3.05, 3.63) is 56.4 Å². The molecule has 3 rings (SSSR count). The zero-order valence-electron chi connectivity index (χ0n) is 14.6. The molecule has 0 saturated heterocycles. The Balaban J connectivity index is 1.97. The van der Waals surface area contributed by atoms with Gasteiger partial charge < -0.3 is 15.2 Å². The lowest BCUT2D eigenvalue weighted by Crippen LogP contribution is -2.18. The third kappa shape index (κ3) is 3.62. The van der Waals surface area contributed by atoms with Crippen molar-refractivity contribution in [2.45, 2.75) is 20.4 Å². The molecule has 6 nitrogen and oxygen atoms in total. The molecule has 7 heteroatoms. The number of rotatable bonds is 4. The van der Waals surface area contributed by atoms with Crippen LogP contribution < -0.4 is 10.9 Å². The quantitative estimate of drug-likeness (QED) is 0.753. The molecule has 0 bridgehead atoms. The summed E-state index contributed by atoms with van der Waals surface area (Å²) in [5.74, 6) is 0.368. The summed E-state index contributed by atoms with van der Waals surface area (Å²) in [6.45, 7) is 4.31. The van der Waals surface area contributed by atoms with Gasteiger partial charge in [-0.05, 0) is 45.6 Å². The molecule has 0 spiro atoms. The van der Waals surface area contributed by atoms with Gasteiger partial charge in [0.15, 0.2) is 0 Å². The summed E-state index contributed by atoms with van der Waals surface area (Å²) in [6.07, 6.45) is 0. The van der Waals surface area contributed by atoms with E-state index < -0.39 is 0 Å². The molecular formula is C18H20N4O2S. The van der Waals surface area contributed by atoms with E-state index in [2.05, 4.69) is 15.3 Å². The Morgan fingerprint density at radius 3 is 2.56 bits per heavy atom. The van der Waals surface area contributed by atoms with E-state index >= 15 is 0 Å². The third-order valence-electron chi connectivity index (χ3n) is 3.83. The maximum atomic E-state index is 12.6. The Bertz CT molecular complexity index is 987. The van der Waals surface area contributed by atoms with Crippen LogP contribution in [0.5, 0.6) is 0 Å². The van der Waals surface area contributed by atoms with Gasteiger partial charge >= 0.3 is 0 Å². The zero-order valence-corrected chi connectivity index (χ0v) is 15.5. The number of benzene rings is 1. The molecular weight excluding hydrogens is 336 g/mol. The van der Waals surface area contributed by atoms with E-state index in [9.17, 15) is 9.59 Å².